The van der Waals surface area contributed by atoms with Crippen molar-refractivity contribution in [1.29, 1.82) is 0 Å². The molecule has 3 aromatic rings. The van der Waals surface area contributed by atoms with Crippen molar-refractivity contribution in [3.63, 3.8) is 0 Å². The molecule has 23 heavy (non-hydrogen) atoms. The zero-order valence-corrected chi connectivity index (χ0v) is 14.1. The summed E-state index contributed by atoms with van der Waals surface area (Å²) >= 11 is 12.5. The highest BCUT2D eigenvalue weighted by Crippen LogP contribution is 2.32. The van der Waals surface area contributed by atoms with Gasteiger partial charge in [-0.05, 0) is 23.8 Å². The van der Waals surface area contributed by atoms with Crippen LogP contribution in [0.2, 0.25) is 5.02 Å². The Morgan fingerprint density at radius 3 is 2.48 bits per heavy atom. The van der Waals surface area contributed by atoms with Gasteiger partial charge in [-0.25, -0.2) is 4.79 Å². The van der Waals surface area contributed by atoms with Gasteiger partial charge in [0.1, 0.15) is 0 Å². The molecular weight excluding hydrogens is 333 g/mol. The number of hydrogen-bond donors (Lipinski definition) is 0. The summed E-state index contributed by atoms with van der Waals surface area (Å²) in [4.78, 5) is 11.5. The van der Waals surface area contributed by atoms with Crippen molar-refractivity contribution in [2.75, 3.05) is 7.11 Å². The second kappa shape index (κ2) is 6.65. The largest absolute Gasteiger partial charge is 0.465 e. The standard InChI is InChI=1S/C18H15Cl2NO2/c1-23-18(22)13-8-6-12(7-9-13)11-21-15-5-3-2-4-14(15)17(20)16(21)10-19/h2-9H,10-11H2,1H3. The van der Waals surface area contributed by atoms with Gasteiger partial charge < -0.3 is 9.30 Å². The van der Waals surface area contributed by atoms with Gasteiger partial charge >= 0.3 is 5.97 Å². The van der Waals surface area contributed by atoms with Crippen LogP contribution in [0, 0.1) is 0 Å². The van der Waals surface area contributed by atoms with Crippen molar-refractivity contribution in [2.45, 2.75) is 12.4 Å². The van der Waals surface area contributed by atoms with Crippen LogP contribution in [0.3, 0.4) is 0 Å². The highest BCUT2D eigenvalue weighted by Gasteiger charge is 2.15. The molecular formula is C18H15Cl2NO2. The van der Waals surface area contributed by atoms with Crippen molar-refractivity contribution in [2.24, 2.45) is 0 Å². The number of ether oxygens (including phenoxy) is 1. The molecule has 0 radical (unpaired) electrons. The minimum Gasteiger partial charge on any atom is -0.465 e. The summed E-state index contributed by atoms with van der Waals surface area (Å²) in [5.41, 5.74) is 3.53. The molecule has 0 amide bonds. The molecule has 118 valence electrons. The maximum Gasteiger partial charge on any atom is 0.337 e. The predicted octanol–water partition coefficient (Wildman–Crippen LogP) is 4.87. The summed E-state index contributed by atoms with van der Waals surface area (Å²) in [6.07, 6.45) is 0. The fourth-order valence-electron chi connectivity index (χ4n) is 2.67. The first-order valence-corrected chi connectivity index (χ1v) is 8.05. The monoisotopic (exact) mass is 347 g/mol. The van der Waals surface area contributed by atoms with Crippen LogP contribution in [0.5, 0.6) is 0 Å². The smallest absolute Gasteiger partial charge is 0.337 e. The zero-order chi connectivity index (χ0) is 16.4. The van der Waals surface area contributed by atoms with E-state index in [1.807, 2.05) is 36.4 Å². The summed E-state index contributed by atoms with van der Waals surface area (Å²) in [7, 11) is 1.37. The van der Waals surface area contributed by atoms with Crippen LogP contribution in [0.1, 0.15) is 21.6 Å². The van der Waals surface area contributed by atoms with Crippen molar-refractivity contribution in [3.05, 3.63) is 70.4 Å². The van der Waals surface area contributed by atoms with Gasteiger partial charge in [0.2, 0.25) is 0 Å². The molecule has 0 aliphatic heterocycles. The van der Waals surface area contributed by atoms with Crippen LogP contribution in [0.15, 0.2) is 48.5 Å². The zero-order valence-electron chi connectivity index (χ0n) is 12.6. The predicted molar refractivity (Wildman–Crippen MR) is 93.4 cm³/mol. The number of fused-ring (bicyclic) bond motifs is 1. The Kier molecular flexibility index (Phi) is 4.60. The number of nitrogens with zero attached hydrogens (tertiary/aromatic N) is 1. The van der Waals surface area contributed by atoms with Crippen molar-refractivity contribution >= 4 is 40.1 Å². The Morgan fingerprint density at radius 1 is 1.13 bits per heavy atom. The van der Waals surface area contributed by atoms with E-state index in [2.05, 4.69) is 4.57 Å². The highest BCUT2D eigenvalue weighted by molar-refractivity contribution is 6.37. The third kappa shape index (κ3) is 2.94. The number of halogens is 2. The average Bonchev–Trinajstić information content (AvgIpc) is 2.87. The molecule has 1 aromatic heterocycles. The number of hydrogen-bond acceptors (Lipinski definition) is 2. The maximum absolute atomic E-state index is 11.5. The van der Waals surface area contributed by atoms with Gasteiger partial charge in [-0.3, -0.25) is 0 Å². The fourth-order valence-corrected chi connectivity index (χ4v) is 3.35. The second-order valence-corrected chi connectivity index (χ2v) is 5.83. The normalized spacial score (nSPS) is 10.9. The number of rotatable bonds is 4. The van der Waals surface area contributed by atoms with Crippen LogP contribution in [0.25, 0.3) is 10.9 Å². The summed E-state index contributed by atoms with van der Waals surface area (Å²) in [5.74, 6) is 0.000710. The molecule has 3 rings (SSSR count). The van der Waals surface area contributed by atoms with Crippen molar-refractivity contribution < 1.29 is 9.53 Å². The van der Waals surface area contributed by atoms with E-state index in [1.54, 1.807) is 12.1 Å². The molecule has 0 aliphatic rings. The van der Waals surface area contributed by atoms with Gasteiger partial charge in [0.05, 0.1) is 34.8 Å². The first kappa shape index (κ1) is 15.9. The number of aromatic nitrogens is 1. The lowest BCUT2D eigenvalue weighted by Crippen LogP contribution is -2.05. The van der Waals surface area contributed by atoms with Gasteiger partial charge in [0.25, 0.3) is 0 Å². The summed E-state index contributed by atoms with van der Waals surface area (Å²) in [6.45, 7) is 0.636. The van der Waals surface area contributed by atoms with E-state index in [-0.39, 0.29) is 5.97 Å². The van der Waals surface area contributed by atoms with E-state index in [1.165, 1.54) is 7.11 Å². The molecule has 1 heterocycles. The Hall–Kier alpha value is -1.97. The second-order valence-electron chi connectivity index (χ2n) is 5.19. The van der Waals surface area contributed by atoms with E-state index < -0.39 is 0 Å². The molecule has 0 unspecified atom stereocenters. The van der Waals surface area contributed by atoms with Crippen molar-refractivity contribution in [1.82, 2.24) is 4.57 Å². The minimum atomic E-state index is -0.340. The van der Waals surface area contributed by atoms with Gasteiger partial charge in [-0.1, -0.05) is 41.9 Å². The van der Waals surface area contributed by atoms with Crippen LogP contribution in [0.4, 0.5) is 0 Å². The van der Waals surface area contributed by atoms with Gasteiger partial charge in [-0.15, -0.1) is 11.6 Å². The Morgan fingerprint density at radius 2 is 1.83 bits per heavy atom. The Bertz CT molecular complexity index is 853. The van der Waals surface area contributed by atoms with Crippen molar-refractivity contribution in [3.8, 4) is 0 Å². The van der Waals surface area contributed by atoms with E-state index in [0.717, 1.165) is 22.2 Å². The third-order valence-electron chi connectivity index (χ3n) is 3.85. The SMILES string of the molecule is COC(=O)c1ccc(Cn2c(CCl)c(Cl)c3ccccc32)cc1. The topological polar surface area (TPSA) is 31.2 Å². The number of para-hydroxylation sites is 1. The first-order chi connectivity index (χ1) is 11.2. The lowest BCUT2D eigenvalue weighted by molar-refractivity contribution is 0.0600. The number of esters is 1. The molecule has 3 nitrogen and oxygen atoms in total. The van der Waals surface area contributed by atoms with Gasteiger partial charge in [0.15, 0.2) is 0 Å². The maximum atomic E-state index is 11.5. The lowest BCUT2D eigenvalue weighted by Gasteiger charge is -2.10. The van der Waals surface area contributed by atoms with Crippen LogP contribution < -0.4 is 0 Å². The van der Waals surface area contributed by atoms with E-state index in [9.17, 15) is 4.79 Å². The number of carbonyl (C=O) groups is 1. The average molecular weight is 348 g/mol. The summed E-state index contributed by atoms with van der Waals surface area (Å²) in [5, 5.41) is 1.69. The third-order valence-corrected chi connectivity index (χ3v) is 4.53. The Labute approximate surface area is 144 Å². The first-order valence-electron chi connectivity index (χ1n) is 7.14. The highest BCUT2D eigenvalue weighted by atomic mass is 35.5. The lowest BCUT2D eigenvalue weighted by atomic mass is 10.1. The van der Waals surface area contributed by atoms with Crippen LogP contribution in [-0.4, -0.2) is 17.6 Å². The quantitative estimate of drug-likeness (QED) is 0.498. The molecule has 0 bridgehead atoms. The number of alkyl halides is 1. The van der Waals surface area contributed by atoms with Gasteiger partial charge in [-0.2, -0.15) is 0 Å². The number of benzene rings is 2. The van der Waals surface area contributed by atoms with Crippen LogP contribution >= 0.6 is 23.2 Å². The van der Waals surface area contributed by atoms with E-state index in [4.69, 9.17) is 27.9 Å². The molecule has 0 saturated carbocycles. The van der Waals surface area contributed by atoms with E-state index in [0.29, 0.717) is 23.0 Å². The molecule has 0 fully saturated rings. The fraction of sp³-hybridized carbons (Fsp3) is 0.167. The molecule has 0 spiro atoms. The molecule has 5 heteroatoms. The Balaban J connectivity index is 2.00. The molecule has 0 aliphatic carbocycles. The van der Waals surface area contributed by atoms with Gasteiger partial charge in [0, 0.05) is 11.9 Å². The molecule has 2 aromatic carbocycles. The number of carbonyl (C=O) groups excluding carboxylic acids is 1. The molecule has 0 N–H and O–H groups in total. The molecule has 0 atom stereocenters. The van der Waals surface area contributed by atoms with Crippen LogP contribution in [-0.2, 0) is 17.2 Å². The summed E-state index contributed by atoms with van der Waals surface area (Å²) in [6, 6.07) is 15.3. The minimum absolute atomic E-state index is 0.340. The molecule has 0 saturated heterocycles. The van der Waals surface area contributed by atoms with E-state index >= 15 is 0 Å². The number of methoxy groups -OCH3 is 1. The summed E-state index contributed by atoms with van der Waals surface area (Å²) < 4.78 is 6.82.